The lowest BCUT2D eigenvalue weighted by atomic mass is 9.88. The van der Waals surface area contributed by atoms with E-state index in [1.54, 1.807) is 0 Å². The van der Waals surface area contributed by atoms with E-state index in [1.807, 2.05) is 35.2 Å². The Balaban J connectivity index is 1.59. The van der Waals surface area contributed by atoms with Crippen molar-refractivity contribution in [3.05, 3.63) is 35.9 Å². The number of Topliss-reactive ketones (excluding diaryl/α,β-unsaturated/α-hetero) is 1. The summed E-state index contributed by atoms with van der Waals surface area (Å²) in [6, 6.07) is 9.40. The van der Waals surface area contributed by atoms with Crippen molar-refractivity contribution in [3.63, 3.8) is 0 Å². The highest BCUT2D eigenvalue weighted by molar-refractivity contribution is 5.98. The van der Waals surface area contributed by atoms with Crippen LogP contribution in [0.2, 0.25) is 0 Å². The summed E-state index contributed by atoms with van der Waals surface area (Å²) in [7, 11) is 0. The molecule has 1 saturated heterocycles. The number of hydrogen-bond acceptors (Lipinski definition) is 3. The summed E-state index contributed by atoms with van der Waals surface area (Å²) < 4.78 is 0. The monoisotopic (exact) mass is 272 g/mol. The number of likely N-dealkylation sites (tertiary alicyclic amines) is 1. The SMILES string of the molecule is NC1(C(=O)N2CCC(C(=O)c3ccccc3)CC2)CC1. The van der Waals surface area contributed by atoms with Gasteiger partial charge in [-0.05, 0) is 25.7 Å². The first-order valence-electron chi connectivity index (χ1n) is 7.28. The average molecular weight is 272 g/mol. The zero-order chi connectivity index (χ0) is 14.2. The van der Waals surface area contributed by atoms with Crippen LogP contribution in [0.4, 0.5) is 0 Å². The van der Waals surface area contributed by atoms with Crippen molar-refractivity contribution in [1.29, 1.82) is 0 Å². The van der Waals surface area contributed by atoms with Gasteiger partial charge in [0.2, 0.25) is 5.91 Å². The Hall–Kier alpha value is -1.68. The van der Waals surface area contributed by atoms with Crippen LogP contribution in [-0.4, -0.2) is 35.2 Å². The molecule has 2 N–H and O–H groups in total. The molecule has 2 aliphatic rings. The Labute approximate surface area is 118 Å². The number of ketones is 1. The van der Waals surface area contributed by atoms with Gasteiger partial charge in [0.1, 0.15) is 0 Å². The second-order valence-electron chi connectivity index (χ2n) is 5.95. The number of carbonyl (C=O) groups excluding carboxylic acids is 2. The Morgan fingerprint density at radius 2 is 1.70 bits per heavy atom. The summed E-state index contributed by atoms with van der Waals surface area (Å²) in [5, 5.41) is 0. The summed E-state index contributed by atoms with van der Waals surface area (Å²) in [6.45, 7) is 1.31. The van der Waals surface area contributed by atoms with Gasteiger partial charge in [0.15, 0.2) is 5.78 Å². The number of piperidine rings is 1. The maximum absolute atomic E-state index is 12.4. The molecule has 3 rings (SSSR count). The van der Waals surface area contributed by atoms with Gasteiger partial charge in [-0.25, -0.2) is 0 Å². The molecule has 1 heterocycles. The van der Waals surface area contributed by atoms with Crippen LogP contribution in [0.1, 0.15) is 36.0 Å². The molecule has 1 aliphatic carbocycles. The minimum absolute atomic E-state index is 0.0365. The van der Waals surface area contributed by atoms with Gasteiger partial charge in [0.05, 0.1) is 5.54 Å². The molecule has 1 saturated carbocycles. The molecular formula is C16H20N2O2. The third-order valence-electron chi connectivity index (χ3n) is 4.43. The standard InChI is InChI=1S/C16H20N2O2/c17-16(8-9-16)15(20)18-10-6-13(7-11-18)14(19)12-4-2-1-3-5-12/h1-5,13H,6-11,17H2. The van der Waals surface area contributed by atoms with Crippen LogP contribution in [0.25, 0.3) is 0 Å². The minimum atomic E-state index is -0.587. The van der Waals surface area contributed by atoms with Crippen LogP contribution in [-0.2, 0) is 4.79 Å². The third-order valence-corrected chi connectivity index (χ3v) is 4.43. The summed E-state index contributed by atoms with van der Waals surface area (Å²) in [6.07, 6.45) is 3.09. The minimum Gasteiger partial charge on any atom is -0.341 e. The van der Waals surface area contributed by atoms with E-state index in [9.17, 15) is 9.59 Å². The van der Waals surface area contributed by atoms with Crippen LogP contribution in [0.3, 0.4) is 0 Å². The average Bonchev–Trinajstić information content (AvgIpc) is 3.26. The highest BCUT2D eigenvalue weighted by Crippen LogP contribution is 2.35. The number of rotatable bonds is 3. The zero-order valence-corrected chi connectivity index (χ0v) is 11.5. The summed E-state index contributed by atoms with van der Waals surface area (Å²) in [5.74, 6) is 0.309. The van der Waals surface area contributed by atoms with Gasteiger partial charge < -0.3 is 10.6 Å². The lowest BCUT2D eigenvalue weighted by molar-refractivity contribution is -0.134. The first-order chi connectivity index (χ1) is 9.60. The first-order valence-corrected chi connectivity index (χ1v) is 7.28. The molecule has 0 atom stereocenters. The Kier molecular flexibility index (Phi) is 3.34. The van der Waals surface area contributed by atoms with Gasteiger partial charge in [-0.1, -0.05) is 30.3 Å². The molecule has 0 aromatic heterocycles. The van der Waals surface area contributed by atoms with Crippen LogP contribution >= 0.6 is 0 Å². The number of nitrogens with zero attached hydrogens (tertiary/aromatic N) is 1. The van der Waals surface area contributed by atoms with E-state index < -0.39 is 5.54 Å². The van der Waals surface area contributed by atoms with Gasteiger partial charge >= 0.3 is 0 Å². The van der Waals surface area contributed by atoms with Crippen molar-refractivity contribution in [2.75, 3.05) is 13.1 Å². The van der Waals surface area contributed by atoms with Crippen molar-refractivity contribution in [2.45, 2.75) is 31.2 Å². The lowest BCUT2D eigenvalue weighted by Gasteiger charge is -2.33. The van der Waals surface area contributed by atoms with Gasteiger partial charge in [0.25, 0.3) is 0 Å². The number of carbonyl (C=O) groups is 2. The second kappa shape index (κ2) is 5.02. The molecule has 20 heavy (non-hydrogen) atoms. The van der Waals surface area contributed by atoms with Gasteiger partial charge in [-0.15, -0.1) is 0 Å². The quantitative estimate of drug-likeness (QED) is 0.850. The highest BCUT2D eigenvalue weighted by atomic mass is 16.2. The molecular weight excluding hydrogens is 252 g/mol. The van der Waals surface area contributed by atoms with Gasteiger partial charge in [0, 0.05) is 24.6 Å². The molecule has 2 fully saturated rings. The van der Waals surface area contributed by atoms with Crippen LogP contribution in [0.15, 0.2) is 30.3 Å². The molecule has 0 radical (unpaired) electrons. The molecule has 4 heteroatoms. The van der Waals surface area contributed by atoms with Gasteiger partial charge in [-0.2, -0.15) is 0 Å². The first kappa shape index (κ1) is 13.3. The number of benzene rings is 1. The number of nitrogens with two attached hydrogens (primary N) is 1. The fraction of sp³-hybridized carbons (Fsp3) is 0.500. The largest absolute Gasteiger partial charge is 0.341 e. The Bertz CT molecular complexity index is 515. The van der Waals surface area contributed by atoms with Crippen molar-refractivity contribution in [2.24, 2.45) is 11.7 Å². The predicted molar refractivity (Wildman–Crippen MR) is 76.2 cm³/mol. The normalized spacial score (nSPS) is 21.6. The lowest BCUT2D eigenvalue weighted by Crippen LogP contribution is -2.49. The maximum Gasteiger partial charge on any atom is 0.242 e. The van der Waals surface area contributed by atoms with E-state index in [-0.39, 0.29) is 17.6 Å². The van der Waals surface area contributed by atoms with Crippen LogP contribution < -0.4 is 5.73 Å². The summed E-state index contributed by atoms with van der Waals surface area (Å²) >= 11 is 0. The Morgan fingerprint density at radius 3 is 2.25 bits per heavy atom. The van der Waals surface area contributed by atoms with E-state index in [2.05, 4.69) is 0 Å². The summed E-state index contributed by atoms with van der Waals surface area (Å²) in [5.41, 5.74) is 6.13. The fourth-order valence-corrected chi connectivity index (χ4v) is 2.85. The Morgan fingerprint density at radius 1 is 1.10 bits per heavy atom. The number of amides is 1. The van der Waals surface area contributed by atoms with E-state index in [0.29, 0.717) is 13.1 Å². The molecule has 0 unspecified atom stereocenters. The third kappa shape index (κ3) is 2.48. The molecule has 1 amide bonds. The summed E-state index contributed by atoms with van der Waals surface area (Å²) in [4.78, 5) is 26.3. The molecule has 1 aromatic rings. The zero-order valence-electron chi connectivity index (χ0n) is 11.5. The molecule has 4 nitrogen and oxygen atoms in total. The van der Waals surface area contributed by atoms with Crippen LogP contribution in [0, 0.1) is 5.92 Å². The number of hydrogen-bond donors (Lipinski definition) is 1. The van der Waals surface area contributed by atoms with E-state index in [1.165, 1.54) is 0 Å². The second-order valence-corrected chi connectivity index (χ2v) is 5.95. The highest BCUT2D eigenvalue weighted by Gasteiger charge is 2.48. The van der Waals surface area contributed by atoms with Crippen molar-refractivity contribution in [3.8, 4) is 0 Å². The molecule has 106 valence electrons. The van der Waals surface area contributed by atoms with E-state index >= 15 is 0 Å². The van der Waals surface area contributed by atoms with Crippen LogP contribution in [0.5, 0.6) is 0 Å². The van der Waals surface area contributed by atoms with Crippen molar-refractivity contribution < 1.29 is 9.59 Å². The van der Waals surface area contributed by atoms with Crippen molar-refractivity contribution in [1.82, 2.24) is 4.90 Å². The maximum atomic E-state index is 12.4. The van der Waals surface area contributed by atoms with E-state index in [4.69, 9.17) is 5.73 Å². The molecule has 0 bridgehead atoms. The predicted octanol–water partition coefficient (Wildman–Crippen LogP) is 1.60. The van der Waals surface area contributed by atoms with Crippen molar-refractivity contribution >= 4 is 11.7 Å². The smallest absolute Gasteiger partial charge is 0.242 e. The molecule has 1 aromatic carbocycles. The fourth-order valence-electron chi connectivity index (χ4n) is 2.85. The van der Waals surface area contributed by atoms with Gasteiger partial charge in [-0.3, -0.25) is 9.59 Å². The topological polar surface area (TPSA) is 63.4 Å². The molecule has 0 spiro atoms. The molecule has 1 aliphatic heterocycles. The van der Waals surface area contributed by atoms with E-state index in [0.717, 1.165) is 31.2 Å².